The summed E-state index contributed by atoms with van der Waals surface area (Å²) in [6.07, 6.45) is 0. The van der Waals surface area contributed by atoms with Crippen molar-refractivity contribution in [3.05, 3.63) is 179 Å². The summed E-state index contributed by atoms with van der Waals surface area (Å²) in [5.41, 5.74) is -7.40. The van der Waals surface area contributed by atoms with E-state index in [9.17, 15) is 11.0 Å². The van der Waals surface area contributed by atoms with Crippen LogP contribution in [-0.4, -0.2) is 0 Å². The second-order valence-electron chi connectivity index (χ2n) is 11.3. The van der Waals surface area contributed by atoms with E-state index in [1.807, 2.05) is 36.4 Å². The number of ether oxygens (including phenoxy) is 1. The molecule has 1 unspecified atom stereocenters. The molecule has 1 heteroatoms. The molecule has 1 nitrogen and oxygen atoms in total. The lowest BCUT2D eigenvalue weighted by Gasteiger charge is -2.35. The van der Waals surface area contributed by atoms with Crippen molar-refractivity contribution in [2.24, 2.45) is 0 Å². The van der Waals surface area contributed by atoms with Crippen molar-refractivity contribution in [3.8, 4) is 44.9 Å². The van der Waals surface area contributed by atoms with Crippen molar-refractivity contribution in [1.29, 1.82) is 0 Å². The molecule has 2 aliphatic carbocycles. The van der Waals surface area contributed by atoms with E-state index in [1.165, 1.54) is 0 Å². The van der Waals surface area contributed by atoms with E-state index in [0.717, 1.165) is 10.8 Å². The number of hydrogen-bond donors (Lipinski definition) is 0. The molecule has 0 N–H and O–H groups in total. The summed E-state index contributed by atoms with van der Waals surface area (Å²) < 4.78 is 188. The average Bonchev–Trinajstić information content (AvgIpc) is 3.75. The summed E-state index contributed by atoms with van der Waals surface area (Å²) in [5.74, 6) is -1.91. The standard InChI is InChI=1S/C44H30O/c1-43(2)36-17-9-10-18-40(36)45-41-24-21-29(26-39(41)43)28-19-22-32-31-13-5-7-15-34(31)44(38(32)25-28)35-16-8-6-14-33(35)42-30-12-4-3-11-27(30)20-23-37(42)44/h3-26H,1-2H3/i1D3,2D3,5D,7D,9D,10D,13D,15D,17D,18D,19D,21D,22D,24D,25D,26D. The molecule has 1 atom stereocenters. The molecule has 0 saturated heterocycles. The third-order valence-electron chi connectivity index (χ3n) is 9.07. The molecule has 1 heterocycles. The summed E-state index contributed by atoms with van der Waals surface area (Å²) in [6.45, 7) is -7.61. The molecule has 1 aliphatic heterocycles. The minimum atomic E-state index is -3.80. The fourth-order valence-electron chi connectivity index (χ4n) is 7.22. The Kier molecular flexibility index (Phi) is 2.40. The molecule has 212 valence electrons. The van der Waals surface area contributed by atoms with Gasteiger partial charge in [-0.25, -0.2) is 0 Å². The molecule has 0 amide bonds. The molecule has 1 spiro atoms. The fraction of sp³-hybridized carbons (Fsp3) is 0.0909. The number of hydrogen-bond acceptors (Lipinski definition) is 1. The first-order valence-electron chi connectivity index (χ1n) is 24.2. The predicted molar refractivity (Wildman–Crippen MR) is 184 cm³/mol. The van der Waals surface area contributed by atoms with E-state index >= 15 is 0 Å². The molecule has 0 bridgehead atoms. The van der Waals surface area contributed by atoms with Gasteiger partial charge in [-0.1, -0.05) is 135 Å². The highest BCUT2D eigenvalue weighted by Gasteiger charge is 2.52. The molecular formula is C44H30O. The first-order chi connectivity index (χ1) is 30.4. The van der Waals surface area contributed by atoms with Crippen molar-refractivity contribution in [2.45, 2.75) is 24.5 Å². The Morgan fingerprint density at radius 3 is 2.16 bits per heavy atom. The van der Waals surface area contributed by atoms with Gasteiger partial charge >= 0.3 is 0 Å². The average molecular weight is 595 g/mol. The van der Waals surface area contributed by atoms with Crippen LogP contribution in [0.1, 0.15) is 74.5 Å². The zero-order chi connectivity index (χ0) is 47.1. The van der Waals surface area contributed by atoms with Gasteiger partial charge in [0.25, 0.3) is 0 Å². The van der Waals surface area contributed by atoms with Gasteiger partial charge in [0, 0.05) is 24.8 Å². The highest BCUT2D eigenvalue weighted by atomic mass is 16.5. The Morgan fingerprint density at radius 2 is 1.24 bits per heavy atom. The van der Waals surface area contributed by atoms with Gasteiger partial charge in [0.15, 0.2) is 0 Å². The number of rotatable bonds is 1. The highest BCUT2D eigenvalue weighted by molar-refractivity contribution is 6.06. The van der Waals surface area contributed by atoms with Crippen LogP contribution in [0.25, 0.3) is 44.2 Å². The smallest absolute Gasteiger partial charge is 0.131 e. The van der Waals surface area contributed by atoms with Gasteiger partial charge in [0.05, 0.1) is 24.6 Å². The van der Waals surface area contributed by atoms with Crippen LogP contribution in [0.2, 0.25) is 0 Å². The van der Waals surface area contributed by atoms with E-state index in [2.05, 4.69) is 0 Å². The van der Waals surface area contributed by atoms with E-state index in [-0.39, 0.29) is 22.3 Å². The lowest BCUT2D eigenvalue weighted by Crippen LogP contribution is -2.26. The van der Waals surface area contributed by atoms with Crippen molar-refractivity contribution in [1.82, 2.24) is 0 Å². The Morgan fingerprint density at radius 1 is 0.533 bits per heavy atom. The second-order valence-corrected chi connectivity index (χ2v) is 11.3. The molecule has 7 aromatic carbocycles. The summed E-state index contributed by atoms with van der Waals surface area (Å²) in [7, 11) is 0. The van der Waals surface area contributed by atoms with E-state index < -0.39 is 143 Å². The van der Waals surface area contributed by atoms with Crippen LogP contribution in [0.15, 0.2) is 145 Å². The van der Waals surface area contributed by atoms with Crippen molar-refractivity contribution < 1.29 is 32.2 Å². The minimum absolute atomic E-state index is 0.0229. The van der Waals surface area contributed by atoms with Crippen molar-refractivity contribution in [3.63, 3.8) is 0 Å². The molecular weight excluding hydrogens is 544 g/mol. The van der Waals surface area contributed by atoms with Gasteiger partial charge in [-0.15, -0.1) is 0 Å². The van der Waals surface area contributed by atoms with Crippen LogP contribution in [0.4, 0.5) is 0 Å². The van der Waals surface area contributed by atoms with Crippen LogP contribution in [-0.2, 0) is 10.8 Å². The first-order valence-corrected chi connectivity index (χ1v) is 14.2. The summed E-state index contributed by atoms with van der Waals surface area (Å²) >= 11 is 0. The molecule has 0 saturated carbocycles. The predicted octanol–water partition coefficient (Wildman–Crippen LogP) is 11.3. The maximum absolute atomic E-state index is 10.2. The minimum Gasteiger partial charge on any atom is -0.457 e. The van der Waals surface area contributed by atoms with E-state index in [1.54, 1.807) is 24.3 Å². The lowest BCUT2D eigenvalue weighted by molar-refractivity contribution is 0.418. The lowest BCUT2D eigenvalue weighted by atomic mass is 9.70. The van der Waals surface area contributed by atoms with Crippen LogP contribution in [0.5, 0.6) is 11.5 Å². The zero-order valence-corrected chi connectivity index (χ0v) is 23.2. The molecule has 0 fully saturated rings. The molecule has 0 aromatic heterocycles. The monoisotopic (exact) mass is 594 g/mol. The maximum Gasteiger partial charge on any atom is 0.131 e. The first kappa shape index (κ1) is 12.5. The van der Waals surface area contributed by atoms with Crippen LogP contribution >= 0.6 is 0 Å². The topological polar surface area (TPSA) is 9.23 Å². The molecule has 3 aliphatic rings. The number of para-hydroxylation sites is 1. The SMILES string of the molecule is [2H]c1c([2H])c([2H])c2c(c1[2H])Oc1c([2H])c([2H])c(-c3c([2H])c([2H])c4c(c3[2H])C3(c5ccccc5-c5c3ccc3ccccc53)c3c([2H])c([2H])c([2H])c([2H])c3-4)c([2H])c1C2(C([2H])([2H])[2H])C([2H])([2H])[2H]. The van der Waals surface area contributed by atoms with Gasteiger partial charge in [-0.3, -0.25) is 0 Å². The molecule has 7 aromatic rings. The zero-order valence-electron chi connectivity index (χ0n) is 43.2. The van der Waals surface area contributed by atoms with Gasteiger partial charge in [0.1, 0.15) is 11.5 Å². The second kappa shape index (κ2) is 8.61. The normalized spacial score (nSPS) is 24.4. The Bertz CT molecular complexity index is 3370. The molecule has 10 rings (SSSR count). The van der Waals surface area contributed by atoms with E-state index in [0.29, 0.717) is 22.3 Å². The van der Waals surface area contributed by atoms with E-state index in [4.69, 9.17) is 21.2 Å². The van der Waals surface area contributed by atoms with Gasteiger partial charge in [0.2, 0.25) is 0 Å². The van der Waals surface area contributed by atoms with Gasteiger partial charge in [-0.2, -0.15) is 0 Å². The fourth-order valence-corrected chi connectivity index (χ4v) is 7.22. The third-order valence-corrected chi connectivity index (χ3v) is 9.07. The van der Waals surface area contributed by atoms with Gasteiger partial charge in [-0.05, 0) is 90.6 Å². The Hall–Kier alpha value is -5.40. The Labute approximate surface area is 291 Å². The number of fused-ring (bicyclic) bond motifs is 14. The Balaban J connectivity index is 1.42. The number of benzene rings is 7. The molecule has 45 heavy (non-hydrogen) atoms. The summed E-state index contributed by atoms with van der Waals surface area (Å²) in [5, 5.41) is 1.57. The largest absolute Gasteiger partial charge is 0.457 e. The van der Waals surface area contributed by atoms with Crippen LogP contribution < -0.4 is 4.74 Å². The highest BCUT2D eigenvalue weighted by Crippen LogP contribution is 2.64. The van der Waals surface area contributed by atoms with Crippen LogP contribution in [0, 0.1) is 0 Å². The summed E-state index contributed by atoms with van der Waals surface area (Å²) in [4.78, 5) is 0. The van der Waals surface area contributed by atoms with Crippen molar-refractivity contribution >= 4 is 10.8 Å². The summed E-state index contributed by atoms with van der Waals surface area (Å²) in [6, 6.07) is 6.28. The molecule has 0 radical (unpaired) electrons. The quantitative estimate of drug-likeness (QED) is 0.184. The van der Waals surface area contributed by atoms with Crippen molar-refractivity contribution in [2.75, 3.05) is 0 Å². The van der Waals surface area contributed by atoms with Gasteiger partial charge < -0.3 is 4.74 Å². The van der Waals surface area contributed by atoms with Crippen LogP contribution in [0.3, 0.4) is 0 Å². The third kappa shape index (κ3) is 3.08. The maximum atomic E-state index is 10.2.